The minimum atomic E-state index is -0.546. The number of hydrogen-bond donors (Lipinski definition) is 1. The van der Waals surface area contributed by atoms with Crippen LogP contribution < -0.4 is 10.1 Å². The quantitative estimate of drug-likeness (QED) is 0.711. The second kappa shape index (κ2) is 9.78. The van der Waals surface area contributed by atoms with Gasteiger partial charge >= 0.3 is 12.0 Å². The normalized spacial score (nSPS) is 20.4. The average molecular weight is 402 g/mol. The third kappa shape index (κ3) is 4.72. The Labute approximate surface area is 172 Å². The Morgan fingerprint density at radius 2 is 1.83 bits per heavy atom. The van der Waals surface area contributed by atoms with Gasteiger partial charge in [0.1, 0.15) is 5.75 Å². The van der Waals surface area contributed by atoms with Crippen molar-refractivity contribution < 1.29 is 19.1 Å². The van der Waals surface area contributed by atoms with Crippen LogP contribution in [0, 0.1) is 0 Å². The summed E-state index contributed by atoms with van der Waals surface area (Å²) in [4.78, 5) is 29.9. The zero-order chi connectivity index (χ0) is 20.8. The maximum Gasteiger partial charge on any atom is 0.338 e. The number of carbonyl (C=O) groups is 2. The molecule has 0 aliphatic carbocycles. The number of carbonyl (C=O) groups excluding carboxylic acids is 2. The molecule has 1 aromatic carbocycles. The van der Waals surface area contributed by atoms with Gasteiger partial charge in [-0.25, -0.2) is 9.59 Å². The Morgan fingerprint density at radius 1 is 1.14 bits per heavy atom. The van der Waals surface area contributed by atoms with Crippen LogP contribution in [0.2, 0.25) is 0 Å². The number of piperidine rings is 1. The summed E-state index contributed by atoms with van der Waals surface area (Å²) in [6, 6.07) is 6.69. The van der Waals surface area contributed by atoms with Gasteiger partial charge in [0.15, 0.2) is 0 Å². The second-order valence-electron chi connectivity index (χ2n) is 7.32. The Balaban J connectivity index is 2.05. The van der Waals surface area contributed by atoms with Crippen LogP contribution in [-0.4, -0.2) is 61.7 Å². The maximum absolute atomic E-state index is 13.0. The highest BCUT2D eigenvalue weighted by atomic mass is 16.5. The number of methoxy groups -OCH3 is 1. The fourth-order valence-electron chi connectivity index (χ4n) is 4.03. The molecule has 1 unspecified atom stereocenters. The number of rotatable bonds is 7. The summed E-state index contributed by atoms with van der Waals surface area (Å²) in [5.74, 6) is 0.347. The van der Waals surface area contributed by atoms with Gasteiger partial charge in [-0.1, -0.05) is 18.6 Å². The standard InChI is InChI=1S/C22H31N3O4/c1-4-25-18(15-24-13-7-6-8-14-24)19(21(26)29-5-2)20(23-22(25)27)16-9-11-17(28-3)12-10-16/h9-12,20H,4-8,13-15H2,1-3H3,(H,23,27). The molecule has 0 spiro atoms. The van der Waals surface area contributed by atoms with Gasteiger partial charge in [-0.2, -0.15) is 0 Å². The third-order valence-corrected chi connectivity index (χ3v) is 5.52. The predicted molar refractivity (Wildman–Crippen MR) is 111 cm³/mol. The number of nitrogens with zero attached hydrogens (tertiary/aromatic N) is 2. The lowest BCUT2D eigenvalue weighted by atomic mass is 9.93. The van der Waals surface area contributed by atoms with Gasteiger partial charge in [-0.3, -0.25) is 9.80 Å². The molecule has 1 atom stereocenters. The number of likely N-dealkylation sites (tertiary alicyclic amines) is 1. The number of likely N-dealkylation sites (N-methyl/N-ethyl adjacent to an activating group) is 1. The van der Waals surface area contributed by atoms with Crippen molar-refractivity contribution in [3.05, 3.63) is 41.1 Å². The van der Waals surface area contributed by atoms with E-state index in [1.807, 2.05) is 31.2 Å². The molecule has 2 aliphatic heterocycles. The Hall–Kier alpha value is -2.54. The summed E-state index contributed by atoms with van der Waals surface area (Å²) in [6.45, 7) is 7.03. The predicted octanol–water partition coefficient (Wildman–Crippen LogP) is 3.08. The SMILES string of the molecule is CCOC(=O)C1=C(CN2CCCCC2)N(CC)C(=O)NC1c1ccc(OC)cc1. The van der Waals surface area contributed by atoms with Crippen LogP contribution in [0.3, 0.4) is 0 Å². The highest BCUT2D eigenvalue weighted by Crippen LogP contribution is 2.33. The summed E-state index contributed by atoms with van der Waals surface area (Å²) in [5, 5.41) is 3.00. The first kappa shape index (κ1) is 21.2. The van der Waals surface area contributed by atoms with Crippen LogP contribution in [0.25, 0.3) is 0 Å². The van der Waals surface area contributed by atoms with Crippen molar-refractivity contribution in [2.24, 2.45) is 0 Å². The maximum atomic E-state index is 13.0. The number of hydrogen-bond acceptors (Lipinski definition) is 5. The zero-order valence-corrected chi connectivity index (χ0v) is 17.6. The lowest BCUT2D eigenvalue weighted by Gasteiger charge is -2.39. The molecule has 29 heavy (non-hydrogen) atoms. The van der Waals surface area contributed by atoms with E-state index in [9.17, 15) is 9.59 Å². The number of amides is 2. The van der Waals surface area contributed by atoms with Gasteiger partial charge < -0.3 is 14.8 Å². The van der Waals surface area contributed by atoms with E-state index >= 15 is 0 Å². The van der Waals surface area contributed by atoms with Crippen LogP contribution in [0.15, 0.2) is 35.5 Å². The number of nitrogens with one attached hydrogen (secondary N) is 1. The van der Waals surface area contributed by atoms with E-state index in [0.29, 0.717) is 18.7 Å². The van der Waals surface area contributed by atoms with E-state index in [4.69, 9.17) is 9.47 Å². The van der Waals surface area contributed by atoms with E-state index in [1.54, 1.807) is 18.9 Å². The van der Waals surface area contributed by atoms with Crippen molar-refractivity contribution in [1.82, 2.24) is 15.1 Å². The largest absolute Gasteiger partial charge is 0.497 e. The summed E-state index contributed by atoms with van der Waals surface area (Å²) in [5.41, 5.74) is 2.09. The van der Waals surface area contributed by atoms with Crippen molar-refractivity contribution in [3.8, 4) is 5.75 Å². The van der Waals surface area contributed by atoms with Gasteiger partial charge in [0.2, 0.25) is 0 Å². The molecule has 2 amide bonds. The van der Waals surface area contributed by atoms with E-state index in [1.165, 1.54) is 6.42 Å². The molecule has 7 heteroatoms. The van der Waals surface area contributed by atoms with E-state index in [-0.39, 0.29) is 18.6 Å². The van der Waals surface area contributed by atoms with E-state index < -0.39 is 6.04 Å². The molecule has 3 rings (SSSR count). The molecule has 158 valence electrons. The number of esters is 1. The fraction of sp³-hybridized carbons (Fsp3) is 0.545. The first-order valence-corrected chi connectivity index (χ1v) is 10.4. The lowest BCUT2D eigenvalue weighted by Crippen LogP contribution is -2.51. The highest BCUT2D eigenvalue weighted by Gasteiger charge is 2.38. The van der Waals surface area contributed by atoms with Crippen LogP contribution in [0.5, 0.6) is 5.75 Å². The van der Waals surface area contributed by atoms with Crippen LogP contribution in [0.4, 0.5) is 4.79 Å². The molecule has 1 N–H and O–H groups in total. The molecule has 1 saturated heterocycles. The zero-order valence-electron chi connectivity index (χ0n) is 17.6. The summed E-state index contributed by atoms with van der Waals surface area (Å²) >= 11 is 0. The van der Waals surface area contributed by atoms with Crippen molar-refractivity contribution in [1.29, 1.82) is 0 Å². The Bertz CT molecular complexity index is 754. The minimum absolute atomic E-state index is 0.187. The van der Waals surface area contributed by atoms with Crippen LogP contribution in [0.1, 0.15) is 44.7 Å². The van der Waals surface area contributed by atoms with Crippen molar-refractivity contribution in [2.75, 3.05) is 39.9 Å². The van der Waals surface area contributed by atoms with E-state index in [0.717, 1.165) is 42.9 Å². The summed E-state index contributed by atoms with van der Waals surface area (Å²) in [7, 11) is 1.61. The molecule has 2 aliphatic rings. The topological polar surface area (TPSA) is 71.1 Å². The molecule has 1 fully saturated rings. The highest BCUT2D eigenvalue weighted by molar-refractivity contribution is 5.95. The smallest absolute Gasteiger partial charge is 0.338 e. The van der Waals surface area contributed by atoms with Gasteiger partial charge in [-0.05, 0) is 57.5 Å². The lowest BCUT2D eigenvalue weighted by molar-refractivity contribution is -0.139. The number of benzene rings is 1. The fourth-order valence-corrected chi connectivity index (χ4v) is 4.03. The van der Waals surface area contributed by atoms with Gasteiger partial charge in [0.25, 0.3) is 0 Å². The number of ether oxygens (including phenoxy) is 2. The minimum Gasteiger partial charge on any atom is -0.497 e. The van der Waals surface area contributed by atoms with Crippen molar-refractivity contribution in [3.63, 3.8) is 0 Å². The third-order valence-electron chi connectivity index (χ3n) is 5.52. The van der Waals surface area contributed by atoms with Crippen molar-refractivity contribution in [2.45, 2.75) is 39.2 Å². The average Bonchev–Trinajstić information content (AvgIpc) is 2.74. The summed E-state index contributed by atoms with van der Waals surface area (Å²) < 4.78 is 10.6. The molecular weight excluding hydrogens is 370 g/mol. The van der Waals surface area contributed by atoms with Gasteiger partial charge in [-0.15, -0.1) is 0 Å². The molecular formula is C22H31N3O4. The van der Waals surface area contributed by atoms with Crippen molar-refractivity contribution >= 4 is 12.0 Å². The van der Waals surface area contributed by atoms with Gasteiger partial charge in [0, 0.05) is 18.8 Å². The number of urea groups is 1. The van der Waals surface area contributed by atoms with Crippen LogP contribution in [-0.2, 0) is 9.53 Å². The molecule has 0 saturated carbocycles. The first-order valence-electron chi connectivity index (χ1n) is 10.4. The Kier molecular flexibility index (Phi) is 7.14. The van der Waals surface area contributed by atoms with E-state index in [2.05, 4.69) is 10.2 Å². The molecule has 1 aromatic rings. The first-order chi connectivity index (χ1) is 14.1. The Morgan fingerprint density at radius 3 is 2.41 bits per heavy atom. The molecule has 7 nitrogen and oxygen atoms in total. The molecule has 0 radical (unpaired) electrons. The molecule has 2 heterocycles. The molecule has 0 aromatic heterocycles. The monoisotopic (exact) mass is 401 g/mol. The summed E-state index contributed by atoms with van der Waals surface area (Å²) in [6.07, 6.45) is 3.51. The second-order valence-corrected chi connectivity index (χ2v) is 7.32. The molecule has 0 bridgehead atoms. The van der Waals surface area contributed by atoms with Crippen LogP contribution >= 0.6 is 0 Å². The van der Waals surface area contributed by atoms with Gasteiger partial charge in [0.05, 0.1) is 25.3 Å².